The molecule has 1 heterocycles. The molecule has 158 valence electrons. The first-order valence-corrected chi connectivity index (χ1v) is 11.1. The lowest BCUT2D eigenvalue weighted by molar-refractivity contribution is 0.0954. The quantitative estimate of drug-likeness (QED) is 0.485. The number of anilines is 1. The topological polar surface area (TPSA) is 109 Å². The second kappa shape index (κ2) is 8.80. The summed E-state index contributed by atoms with van der Waals surface area (Å²) in [4.78, 5) is 12.7. The van der Waals surface area contributed by atoms with Crippen LogP contribution in [0.2, 0.25) is 0 Å². The molecule has 1 aromatic heterocycles. The summed E-state index contributed by atoms with van der Waals surface area (Å²) < 4.78 is 30.4. The molecule has 0 saturated heterocycles. The molecule has 0 spiro atoms. The molecule has 0 bridgehead atoms. The molecule has 2 aromatic carbocycles. The average Bonchev–Trinajstić information content (AvgIpc) is 3.01. The van der Waals surface area contributed by atoms with Crippen LogP contribution >= 0.6 is 12.2 Å². The Hall–Kier alpha value is -2.98. The van der Waals surface area contributed by atoms with Crippen molar-refractivity contribution in [3.63, 3.8) is 0 Å². The monoisotopic (exact) mass is 445 g/mol. The van der Waals surface area contributed by atoms with Crippen LogP contribution in [0.5, 0.6) is 0 Å². The van der Waals surface area contributed by atoms with Gasteiger partial charge in [0.2, 0.25) is 0 Å². The molecule has 10 heteroatoms. The van der Waals surface area contributed by atoms with Crippen molar-refractivity contribution >= 4 is 33.8 Å². The summed E-state index contributed by atoms with van der Waals surface area (Å²) in [7, 11) is -1.97. The van der Waals surface area contributed by atoms with E-state index in [0.717, 1.165) is 11.4 Å². The second-order valence-electron chi connectivity index (χ2n) is 6.97. The lowest BCUT2D eigenvalue weighted by Gasteiger charge is -2.12. The van der Waals surface area contributed by atoms with E-state index in [-0.39, 0.29) is 10.8 Å². The maximum atomic E-state index is 12.8. The highest BCUT2D eigenvalue weighted by molar-refractivity contribution is 7.92. The standard InChI is InChI=1S/C20H23N5O3S2/c1-13-7-8-14(2)17(11-13)30(27,28)24-16-6-4-5-15(12-16)19(26)21-10-9-18-22-23-20(29)25(18)3/h4-8,11-12,24H,9-10H2,1-3H3,(H,21,26)(H,23,29). The number of amides is 1. The fourth-order valence-corrected chi connectivity index (χ4v) is 4.46. The number of carbonyl (C=O) groups is 1. The van der Waals surface area contributed by atoms with Crippen LogP contribution < -0.4 is 10.0 Å². The predicted octanol–water partition coefficient (Wildman–Crippen LogP) is 2.87. The van der Waals surface area contributed by atoms with Crippen molar-refractivity contribution in [3.8, 4) is 0 Å². The van der Waals surface area contributed by atoms with E-state index in [2.05, 4.69) is 20.2 Å². The van der Waals surface area contributed by atoms with Gasteiger partial charge in [-0.1, -0.05) is 18.2 Å². The van der Waals surface area contributed by atoms with Crippen molar-refractivity contribution in [2.45, 2.75) is 25.2 Å². The molecule has 8 nitrogen and oxygen atoms in total. The minimum absolute atomic E-state index is 0.213. The molecule has 0 saturated carbocycles. The van der Waals surface area contributed by atoms with Gasteiger partial charge in [0.05, 0.1) is 4.90 Å². The molecule has 0 aliphatic carbocycles. The third-order valence-electron chi connectivity index (χ3n) is 4.62. The number of H-pyrrole nitrogens is 1. The van der Waals surface area contributed by atoms with E-state index in [9.17, 15) is 13.2 Å². The van der Waals surface area contributed by atoms with Gasteiger partial charge >= 0.3 is 0 Å². The van der Waals surface area contributed by atoms with E-state index in [0.29, 0.717) is 34.6 Å². The van der Waals surface area contributed by atoms with E-state index < -0.39 is 10.0 Å². The summed E-state index contributed by atoms with van der Waals surface area (Å²) in [5.74, 6) is 0.426. The van der Waals surface area contributed by atoms with Crippen LogP contribution in [-0.2, 0) is 23.5 Å². The molecule has 0 radical (unpaired) electrons. The number of aromatic amines is 1. The molecule has 0 aliphatic heterocycles. The number of benzene rings is 2. The molecule has 30 heavy (non-hydrogen) atoms. The maximum absolute atomic E-state index is 12.8. The van der Waals surface area contributed by atoms with E-state index in [4.69, 9.17) is 12.2 Å². The van der Waals surface area contributed by atoms with Crippen molar-refractivity contribution < 1.29 is 13.2 Å². The summed E-state index contributed by atoms with van der Waals surface area (Å²) >= 11 is 5.06. The highest BCUT2D eigenvalue weighted by Gasteiger charge is 2.18. The first-order valence-electron chi connectivity index (χ1n) is 9.26. The van der Waals surface area contributed by atoms with Gasteiger partial charge in [0.15, 0.2) is 4.77 Å². The Kier molecular flexibility index (Phi) is 6.37. The number of hydrogen-bond acceptors (Lipinski definition) is 5. The number of rotatable bonds is 7. The number of aryl methyl sites for hydroxylation is 2. The van der Waals surface area contributed by atoms with E-state index >= 15 is 0 Å². The zero-order chi connectivity index (χ0) is 21.9. The molecule has 0 unspecified atom stereocenters. The normalized spacial score (nSPS) is 11.3. The number of nitrogens with zero attached hydrogens (tertiary/aromatic N) is 2. The van der Waals surface area contributed by atoms with Gasteiger partial charge in [-0.25, -0.2) is 8.42 Å². The molecule has 3 rings (SSSR count). The van der Waals surface area contributed by atoms with Gasteiger partial charge in [-0.2, -0.15) is 5.10 Å². The van der Waals surface area contributed by atoms with Crippen LogP contribution in [0.4, 0.5) is 5.69 Å². The number of carbonyl (C=O) groups excluding carboxylic acids is 1. The Morgan fingerprint density at radius 1 is 1.20 bits per heavy atom. The number of nitrogens with one attached hydrogen (secondary N) is 3. The number of hydrogen-bond donors (Lipinski definition) is 3. The Balaban J connectivity index is 1.69. The zero-order valence-corrected chi connectivity index (χ0v) is 18.5. The van der Waals surface area contributed by atoms with E-state index in [1.165, 1.54) is 6.07 Å². The SMILES string of the molecule is Cc1ccc(C)c(S(=O)(=O)Nc2cccc(C(=O)NCCc3n[nH]c(=S)n3C)c2)c1. The number of aromatic nitrogens is 3. The van der Waals surface area contributed by atoms with E-state index in [1.54, 1.807) is 48.9 Å². The molecule has 0 fully saturated rings. The molecule has 3 N–H and O–H groups in total. The van der Waals surface area contributed by atoms with Crippen molar-refractivity contribution in [2.75, 3.05) is 11.3 Å². The van der Waals surface area contributed by atoms with Crippen molar-refractivity contribution in [2.24, 2.45) is 7.05 Å². The Morgan fingerprint density at radius 3 is 2.67 bits per heavy atom. The minimum Gasteiger partial charge on any atom is -0.352 e. The summed E-state index contributed by atoms with van der Waals surface area (Å²) in [5, 5.41) is 9.60. The highest BCUT2D eigenvalue weighted by atomic mass is 32.2. The lowest BCUT2D eigenvalue weighted by atomic mass is 10.2. The smallest absolute Gasteiger partial charge is 0.262 e. The third-order valence-corrected chi connectivity index (χ3v) is 6.51. The van der Waals surface area contributed by atoms with Gasteiger partial charge in [-0.3, -0.25) is 14.6 Å². The number of sulfonamides is 1. The van der Waals surface area contributed by atoms with Gasteiger partial charge in [0.1, 0.15) is 5.82 Å². The average molecular weight is 446 g/mol. The van der Waals surface area contributed by atoms with Crippen molar-refractivity contribution in [3.05, 3.63) is 69.8 Å². The largest absolute Gasteiger partial charge is 0.352 e. The Labute approximate surface area is 180 Å². The second-order valence-corrected chi connectivity index (χ2v) is 9.00. The molecular formula is C20H23N5O3S2. The van der Waals surface area contributed by atoms with Gasteiger partial charge in [-0.15, -0.1) is 0 Å². The first-order chi connectivity index (χ1) is 14.2. The summed E-state index contributed by atoms with van der Waals surface area (Å²) in [6.07, 6.45) is 0.508. The van der Waals surface area contributed by atoms with Crippen LogP contribution in [0, 0.1) is 18.6 Å². The summed E-state index contributed by atoms with van der Waals surface area (Å²) in [6.45, 7) is 3.94. The van der Waals surface area contributed by atoms with Crippen LogP contribution in [0.3, 0.4) is 0 Å². The predicted molar refractivity (Wildman–Crippen MR) is 118 cm³/mol. The highest BCUT2D eigenvalue weighted by Crippen LogP contribution is 2.21. The molecule has 0 aliphatic rings. The van der Waals surface area contributed by atoms with Crippen molar-refractivity contribution in [1.29, 1.82) is 0 Å². The van der Waals surface area contributed by atoms with E-state index in [1.807, 2.05) is 13.0 Å². The van der Waals surface area contributed by atoms with Gasteiger partial charge in [-0.05, 0) is 61.5 Å². The lowest BCUT2D eigenvalue weighted by Crippen LogP contribution is -2.26. The molecule has 0 atom stereocenters. The van der Waals surface area contributed by atoms with Gasteiger partial charge in [0, 0.05) is 31.3 Å². The molecular weight excluding hydrogens is 422 g/mol. The fourth-order valence-electron chi connectivity index (χ4n) is 2.92. The minimum atomic E-state index is -3.77. The van der Waals surface area contributed by atoms with Crippen LogP contribution in [0.1, 0.15) is 27.3 Å². The maximum Gasteiger partial charge on any atom is 0.262 e. The van der Waals surface area contributed by atoms with Crippen LogP contribution in [0.15, 0.2) is 47.4 Å². The molecule has 3 aromatic rings. The Bertz CT molecular complexity index is 1250. The first kappa shape index (κ1) is 21.7. The third kappa shape index (κ3) is 4.95. The molecule has 1 amide bonds. The van der Waals surface area contributed by atoms with Crippen molar-refractivity contribution in [1.82, 2.24) is 20.1 Å². The summed E-state index contributed by atoms with van der Waals surface area (Å²) in [6, 6.07) is 11.6. The van der Waals surface area contributed by atoms with Gasteiger partial charge in [0.25, 0.3) is 15.9 Å². The van der Waals surface area contributed by atoms with Gasteiger partial charge < -0.3 is 9.88 Å². The zero-order valence-electron chi connectivity index (χ0n) is 16.9. The van der Waals surface area contributed by atoms with Crippen LogP contribution in [-0.4, -0.2) is 35.6 Å². The van der Waals surface area contributed by atoms with Crippen LogP contribution in [0.25, 0.3) is 0 Å². The summed E-state index contributed by atoms with van der Waals surface area (Å²) in [5.41, 5.74) is 2.17. The Morgan fingerprint density at radius 2 is 1.97 bits per heavy atom. The fraction of sp³-hybridized carbons (Fsp3) is 0.250.